The summed E-state index contributed by atoms with van der Waals surface area (Å²) in [5.74, 6) is 0.830. The van der Waals surface area contributed by atoms with Gasteiger partial charge < -0.3 is 15.6 Å². The van der Waals surface area contributed by atoms with Gasteiger partial charge in [-0.15, -0.1) is 35.0 Å². The van der Waals surface area contributed by atoms with Gasteiger partial charge in [-0.05, 0) is 31.7 Å². The van der Waals surface area contributed by atoms with Gasteiger partial charge in [0, 0.05) is 13.5 Å². The van der Waals surface area contributed by atoms with Crippen LogP contribution in [0.2, 0.25) is 0 Å². The van der Waals surface area contributed by atoms with Gasteiger partial charge in [0.05, 0.1) is 6.04 Å². The number of rotatable bonds is 5. The molecule has 128 valence electrons. The van der Waals surface area contributed by atoms with Crippen LogP contribution in [-0.2, 0) is 11.8 Å². The van der Waals surface area contributed by atoms with Crippen LogP contribution < -0.4 is 11.1 Å². The van der Waals surface area contributed by atoms with E-state index in [1.54, 1.807) is 6.33 Å². The second-order valence-corrected chi connectivity index (χ2v) is 6.03. The van der Waals surface area contributed by atoms with Crippen LogP contribution in [0.25, 0.3) is 0 Å². The Labute approximate surface area is 144 Å². The van der Waals surface area contributed by atoms with Crippen LogP contribution in [0, 0.1) is 5.41 Å². The molecule has 2 rings (SSSR count). The lowest BCUT2D eigenvalue weighted by Gasteiger charge is -2.35. The zero-order valence-electron chi connectivity index (χ0n) is 13.2. The minimum Gasteiger partial charge on any atom is -0.346 e. The Hall–Kier alpha value is -0.850. The maximum Gasteiger partial charge on any atom is 0.221 e. The highest BCUT2D eigenvalue weighted by atomic mass is 35.5. The Morgan fingerprint density at radius 1 is 1.41 bits per heavy atom. The molecule has 0 spiro atoms. The number of nitrogens with one attached hydrogen (secondary N) is 1. The summed E-state index contributed by atoms with van der Waals surface area (Å²) in [7, 11) is 1.88. The van der Waals surface area contributed by atoms with Gasteiger partial charge in [0.2, 0.25) is 5.91 Å². The number of aromatic nitrogens is 3. The number of aryl methyl sites for hydroxylation is 1. The molecule has 0 aromatic carbocycles. The highest BCUT2D eigenvalue weighted by molar-refractivity contribution is 5.85. The van der Waals surface area contributed by atoms with E-state index in [-0.39, 0.29) is 42.2 Å². The summed E-state index contributed by atoms with van der Waals surface area (Å²) in [5.41, 5.74) is 5.93. The van der Waals surface area contributed by atoms with Crippen LogP contribution >= 0.6 is 24.8 Å². The molecular weight excluding hydrogens is 325 g/mol. The number of nitrogens with zero attached hydrogens (tertiary/aromatic N) is 3. The fourth-order valence-corrected chi connectivity index (χ4v) is 3.14. The molecule has 1 fully saturated rings. The highest BCUT2D eigenvalue weighted by Crippen LogP contribution is 2.38. The number of halogens is 2. The lowest BCUT2D eigenvalue weighted by molar-refractivity contribution is -0.124. The van der Waals surface area contributed by atoms with Crippen molar-refractivity contribution >= 4 is 30.7 Å². The van der Waals surface area contributed by atoms with Crippen LogP contribution in [0.5, 0.6) is 0 Å². The molecule has 0 radical (unpaired) electrons. The SMILES string of the molecule is CC(NC(=O)CC1(CN)CCCCC1)c1nncn1C.Cl.Cl. The van der Waals surface area contributed by atoms with Crippen molar-refractivity contribution < 1.29 is 4.79 Å². The van der Waals surface area contributed by atoms with Crippen molar-refractivity contribution in [2.24, 2.45) is 18.2 Å². The van der Waals surface area contributed by atoms with E-state index in [2.05, 4.69) is 15.5 Å². The molecule has 1 aromatic heterocycles. The van der Waals surface area contributed by atoms with Crippen LogP contribution in [-0.4, -0.2) is 27.2 Å². The fraction of sp³-hybridized carbons (Fsp3) is 0.786. The van der Waals surface area contributed by atoms with Crippen molar-refractivity contribution in [1.29, 1.82) is 0 Å². The smallest absolute Gasteiger partial charge is 0.221 e. The molecule has 3 N–H and O–H groups in total. The van der Waals surface area contributed by atoms with Crippen LogP contribution in [0.3, 0.4) is 0 Å². The molecule has 1 saturated carbocycles. The van der Waals surface area contributed by atoms with E-state index in [9.17, 15) is 4.79 Å². The Kier molecular flexibility index (Phi) is 8.96. The standard InChI is InChI=1S/C14H25N5O.2ClH/c1-11(13-18-16-10-19(13)2)17-12(20)8-14(9-15)6-4-3-5-7-14;;/h10-11H,3-9,15H2,1-2H3,(H,17,20);2*1H. The van der Waals surface area contributed by atoms with Gasteiger partial charge in [0.15, 0.2) is 5.82 Å². The first-order valence-corrected chi connectivity index (χ1v) is 7.40. The number of hydrogen-bond donors (Lipinski definition) is 2. The van der Waals surface area contributed by atoms with Gasteiger partial charge in [0.1, 0.15) is 6.33 Å². The third kappa shape index (κ3) is 5.11. The highest BCUT2D eigenvalue weighted by Gasteiger charge is 2.33. The summed E-state index contributed by atoms with van der Waals surface area (Å²) in [6, 6.07) is -0.131. The molecule has 6 nitrogen and oxygen atoms in total. The Morgan fingerprint density at radius 2 is 2.05 bits per heavy atom. The summed E-state index contributed by atoms with van der Waals surface area (Å²) < 4.78 is 1.82. The van der Waals surface area contributed by atoms with Gasteiger partial charge in [-0.25, -0.2) is 0 Å². The molecule has 1 atom stereocenters. The number of nitrogens with two attached hydrogens (primary N) is 1. The van der Waals surface area contributed by atoms with E-state index < -0.39 is 0 Å². The van der Waals surface area contributed by atoms with Gasteiger partial charge >= 0.3 is 0 Å². The van der Waals surface area contributed by atoms with Gasteiger partial charge in [-0.3, -0.25) is 4.79 Å². The second-order valence-electron chi connectivity index (χ2n) is 6.03. The lowest BCUT2D eigenvalue weighted by Crippen LogP contribution is -2.39. The maximum atomic E-state index is 12.3. The zero-order chi connectivity index (χ0) is 14.6. The first-order chi connectivity index (χ1) is 9.56. The molecule has 0 aliphatic heterocycles. The van der Waals surface area contributed by atoms with Crippen molar-refractivity contribution in [3.63, 3.8) is 0 Å². The average molecular weight is 352 g/mol. The quantitative estimate of drug-likeness (QED) is 0.850. The molecule has 1 amide bonds. The molecular formula is C14H27Cl2N5O. The van der Waals surface area contributed by atoms with Gasteiger partial charge in [-0.1, -0.05) is 19.3 Å². The fourth-order valence-electron chi connectivity index (χ4n) is 3.14. The van der Waals surface area contributed by atoms with Crippen LogP contribution in [0.15, 0.2) is 6.33 Å². The van der Waals surface area contributed by atoms with Crippen molar-refractivity contribution in [2.75, 3.05) is 6.54 Å². The number of carbonyl (C=O) groups is 1. The average Bonchev–Trinajstić information content (AvgIpc) is 2.86. The summed E-state index contributed by atoms with van der Waals surface area (Å²) in [4.78, 5) is 12.3. The van der Waals surface area contributed by atoms with Crippen molar-refractivity contribution in [2.45, 2.75) is 51.5 Å². The monoisotopic (exact) mass is 351 g/mol. The van der Waals surface area contributed by atoms with Crippen molar-refractivity contribution in [3.05, 3.63) is 12.2 Å². The first-order valence-electron chi connectivity index (χ1n) is 7.40. The van der Waals surface area contributed by atoms with E-state index in [1.807, 2.05) is 18.5 Å². The van der Waals surface area contributed by atoms with E-state index in [4.69, 9.17) is 5.73 Å². The Bertz CT molecular complexity index is 460. The number of hydrogen-bond acceptors (Lipinski definition) is 4. The van der Waals surface area contributed by atoms with E-state index >= 15 is 0 Å². The third-order valence-electron chi connectivity index (χ3n) is 4.39. The molecule has 1 heterocycles. The maximum absolute atomic E-state index is 12.3. The summed E-state index contributed by atoms with van der Waals surface area (Å²) >= 11 is 0. The Morgan fingerprint density at radius 3 is 2.55 bits per heavy atom. The molecule has 1 unspecified atom stereocenters. The van der Waals surface area contributed by atoms with Crippen LogP contribution in [0.4, 0.5) is 0 Å². The normalized spacial score (nSPS) is 17.8. The molecule has 8 heteroatoms. The van der Waals surface area contributed by atoms with Crippen molar-refractivity contribution in [1.82, 2.24) is 20.1 Å². The predicted molar refractivity (Wildman–Crippen MR) is 91.2 cm³/mol. The molecule has 1 aliphatic rings. The molecule has 0 saturated heterocycles. The van der Waals surface area contributed by atoms with Gasteiger partial charge in [0.25, 0.3) is 0 Å². The van der Waals surface area contributed by atoms with Crippen LogP contribution in [0.1, 0.15) is 57.3 Å². The van der Waals surface area contributed by atoms with E-state index in [0.717, 1.165) is 18.7 Å². The first kappa shape index (κ1) is 21.1. The lowest BCUT2D eigenvalue weighted by atomic mass is 9.71. The topological polar surface area (TPSA) is 85.8 Å². The Balaban J connectivity index is 0.00000220. The summed E-state index contributed by atoms with van der Waals surface area (Å²) in [5, 5.41) is 10.9. The molecule has 1 aromatic rings. The van der Waals surface area contributed by atoms with E-state index in [0.29, 0.717) is 13.0 Å². The number of amides is 1. The molecule has 0 bridgehead atoms. The zero-order valence-corrected chi connectivity index (χ0v) is 14.9. The van der Waals surface area contributed by atoms with Crippen molar-refractivity contribution in [3.8, 4) is 0 Å². The van der Waals surface area contributed by atoms with E-state index in [1.165, 1.54) is 19.3 Å². The molecule has 22 heavy (non-hydrogen) atoms. The summed E-state index contributed by atoms with van der Waals surface area (Å²) in [6.07, 6.45) is 7.92. The summed E-state index contributed by atoms with van der Waals surface area (Å²) in [6.45, 7) is 2.52. The largest absolute Gasteiger partial charge is 0.346 e. The van der Waals surface area contributed by atoms with Gasteiger partial charge in [-0.2, -0.15) is 0 Å². The molecule has 1 aliphatic carbocycles. The predicted octanol–water partition coefficient (Wildman–Crippen LogP) is 2.14. The third-order valence-corrected chi connectivity index (χ3v) is 4.39. The number of carbonyl (C=O) groups excluding carboxylic acids is 1. The minimum atomic E-state index is -0.131. The second kappa shape index (κ2) is 9.33. The minimum absolute atomic E-state index is 0.